The monoisotopic (exact) mass is 367 g/mol. The highest BCUT2D eigenvalue weighted by molar-refractivity contribution is 7.13. The van der Waals surface area contributed by atoms with E-state index < -0.39 is 0 Å². The third-order valence-corrected chi connectivity index (χ3v) is 6.15. The molecule has 2 aliphatic heterocycles. The van der Waals surface area contributed by atoms with Crippen molar-refractivity contribution in [3.63, 3.8) is 0 Å². The highest BCUT2D eigenvalue weighted by atomic mass is 35.5. The van der Waals surface area contributed by atoms with Crippen molar-refractivity contribution < 1.29 is 4.39 Å². The van der Waals surface area contributed by atoms with Crippen molar-refractivity contribution in [2.45, 2.75) is 25.8 Å². The number of nitrogens with one attached hydrogen (secondary N) is 1. The molecule has 0 unspecified atom stereocenters. The van der Waals surface area contributed by atoms with Crippen LogP contribution in [0.15, 0.2) is 29.6 Å². The predicted octanol–water partition coefficient (Wildman–Crippen LogP) is 3.95. The highest BCUT2D eigenvalue weighted by Crippen LogP contribution is 2.39. The van der Waals surface area contributed by atoms with Crippen LogP contribution in [0.25, 0.3) is 10.6 Å². The Balaban J connectivity index is 0.00000169. The van der Waals surface area contributed by atoms with E-state index in [0.29, 0.717) is 5.41 Å². The van der Waals surface area contributed by atoms with E-state index in [2.05, 4.69) is 15.6 Å². The zero-order chi connectivity index (χ0) is 15.7. The van der Waals surface area contributed by atoms with Gasteiger partial charge >= 0.3 is 0 Å². The molecule has 0 saturated carbocycles. The van der Waals surface area contributed by atoms with Gasteiger partial charge in [-0.1, -0.05) is 0 Å². The minimum atomic E-state index is -0.199. The molecule has 0 atom stereocenters. The van der Waals surface area contributed by atoms with Gasteiger partial charge in [-0.15, -0.1) is 23.7 Å². The van der Waals surface area contributed by atoms with Crippen LogP contribution in [0, 0.1) is 11.2 Å². The maximum absolute atomic E-state index is 13.0. The lowest BCUT2D eigenvalue weighted by molar-refractivity contribution is 0.193. The van der Waals surface area contributed by atoms with E-state index in [0.717, 1.165) is 22.8 Å². The zero-order valence-electron chi connectivity index (χ0n) is 13.6. The molecule has 0 aliphatic carbocycles. The van der Waals surface area contributed by atoms with Gasteiger partial charge in [0.05, 0.1) is 5.69 Å². The molecular formula is C18H23ClFN3S. The summed E-state index contributed by atoms with van der Waals surface area (Å²) < 4.78 is 13.0. The van der Waals surface area contributed by atoms with Crippen LogP contribution in [0.3, 0.4) is 0 Å². The molecule has 2 saturated heterocycles. The average Bonchev–Trinajstić information content (AvgIpc) is 3.17. The van der Waals surface area contributed by atoms with Crippen LogP contribution in [0.5, 0.6) is 0 Å². The van der Waals surface area contributed by atoms with Gasteiger partial charge in [0.25, 0.3) is 0 Å². The summed E-state index contributed by atoms with van der Waals surface area (Å²) in [6, 6.07) is 6.60. The number of rotatable bonds is 3. The van der Waals surface area contributed by atoms with Crippen molar-refractivity contribution in [3.8, 4) is 10.6 Å². The molecule has 6 heteroatoms. The zero-order valence-corrected chi connectivity index (χ0v) is 15.3. The molecule has 0 radical (unpaired) electrons. The minimum Gasteiger partial charge on any atom is -0.317 e. The fraction of sp³-hybridized carbons (Fsp3) is 0.500. The van der Waals surface area contributed by atoms with Crippen LogP contribution >= 0.6 is 23.7 Å². The summed E-state index contributed by atoms with van der Waals surface area (Å²) in [6.07, 6.45) is 3.94. The standard InChI is InChI=1S/C18H22FN3S.ClH/c19-15-3-1-14(2-4-15)17-21-16(12-23-17)11-22-10-7-18(13-22)5-8-20-9-6-18;/h1-4,12,20H,5-11,13H2;1H. The maximum Gasteiger partial charge on any atom is 0.123 e. The SMILES string of the molecule is Cl.Fc1ccc(-c2nc(CN3CCC4(CCNCC4)C3)cs2)cc1. The summed E-state index contributed by atoms with van der Waals surface area (Å²) in [5, 5.41) is 6.60. The molecule has 3 nitrogen and oxygen atoms in total. The Morgan fingerprint density at radius 2 is 1.92 bits per heavy atom. The lowest BCUT2D eigenvalue weighted by atomic mass is 9.78. The Bertz CT molecular complexity index is 667. The normalized spacial score (nSPS) is 20.2. The number of benzene rings is 1. The summed E-state index contributed by atoms with van der Waals surface area (Å²) in [5.74, 6) is -0.199. The number of hydrogen-bond acceptors (Lipinski definition) is 4. The fourth-order valence-electron chi connectivity index (χ4n) is 3.86. The van der Waals surface area contributed by atoms with Crippen LogP contribution in [0.4, 0.5) is 4.39 Å². The van der Waals surface area contributed by atoms with Crippen molar-refractivity contribution in [2.75, 3.05) is 26.2 Å². The number of thiazole rings is 1. The first kappa shape index (κ1) is 17.8. The molecule has 0 amide bonds. The molecule has 130 valence electrons. The molecule has 1 N–H and O–H groups in total. The van der Waals surface area contributed by atoms with Gasteiger partial charge < -0.3 is 5.32 Å². The third kappa shape index (κ3) is 3.80. The third-order valence-electron chi connectivity index (χ3n) is 5.21. The van der Waals surface area contributed by atoms with E-state index in [1.807, 2.05) is 0 Å². The fourth-order valence-corrected chi connectivity index (χ4v) is 4.68. The number of aromatic nitrogens is 1. The van der Waals surface area contributed by atoms with E-state index in [4.69, 9.17) is 4.98 Å². The Hall–Kier alpha value is -1.01. The Labute approximate surface area is 152 Å². The molecule has 1 spiro atoms. The summed E-state index contributed by atoms with van der Waals surface area (Å²) in [5.41, 5.74) is 2.68. The van der Waals surface area contributed by atoms with E-state index in [1.165, 1.54) is 57.6 Å². The largest absolute Gasteiger partial charge is 0.317 e. The second-order valence-corrected chi connectivity index (χ2v) is 7.72. The van der Waals surface area contributed by atoms with Crippen molar-refractivity contribution in [3.05, 3.63) is 41.2 Å². The van der Waals surface area contributed by atoms with Gasteiger partial charge in [-0.2, -0.15) is 0 Å². The number of nitrogens with zero attached hydrogens (tertiary/aromatic N) is 2. The van der Waals surface area contributed by atoms with Crippen LogP contribution in [0.2, 0.25) is 0 Å². The molecule has 2 aliphatic rings. The van der Waals surface area contributed by atoms with Crippen molar-refractivity contribution in [1.82, 2.24) is 15.2 Å². The molecule has 2 fully saturated rings. The smallest absolute Gasteiger partial charge is 0.123 e. The second-order valence-electron chi connectivity index (χ2n) is 6.86. The number of hydrogen-bond donors (Lipinski definition) is 1. The second kappa shape index (κ2) is 7.48. The first-order chi connectivity index (χ1) is 11.2. The van der Waals surface area contributed by atoms with Crippen molar-refractivity contribution in [1.29, 1.82) is 0 Å². The quantitative estimate of drug-likeness (QED) is 0.890. The molecule has 0 bridgehead atoms. The minimum absolute atomic E-state index is 0. The lowest BCUT2D eigenvalue weighted by Gasteiger charge is -2.33. The predicted molar refractivity (Wildman–Crippen MR) is 99.2 cm³/mol. The number of halogens is 2. The molecule has 2 aromatic rings. The molecule has 3 heterocycles. The van der Waals surface area contributed by atoms with E-state index in [1.54, 1.807) is 23.5 Å². The summed E-state index contributed by atoms with van der Waals surface area (Å²) in [7, 11) is 0. The van der Waals surface area contributed by atoms with Gasteiger partial charge in [0.2, 0.25) is 0 Å². The van der Waals surface area contributed by atoms with Gasteiger partial charge in [-0.25, -0.2) is 9.37 Å². The summed E-state index contributed by atoms with van der Waals surface area (Å²) >= 11 is 1.65. The van der Waals surface area contributed by atoms with Crippen molar-refractivity contribution in [2.24, 2.45) is 5.41 Å². The van der Waals surface area contributed by atoms with Gasteiger partial charge in [-0.05, 0) is 68.6 Å². The Morgan fingerprint density at radius 3 is 2.67 bits per heavy atom. The van der Waals surface area contributed by atoms with Crippen LogP contribution in [-0.2, 0) is 6.54 Å². The van der Waals surface area contributed by atoms with Gasteiger partial charge in [-0.3, -0.25) is 4.90 Å². The van der Waals surface area contributed by atoms with E-state index >= 15 is 0 Å². The number of likely N-dealkylation sites (tertiary alicyclic amines) is 1. The topological polar surface area (TPSA) is 28.2 Å². The Morgan fingerprint density at radius 1 is 1.17 bits per heavy atom. The molecular weight excluding hydrogens is 345 g/mol. The van der Waals surface area contributed by atoms with Gasteiger partial charge in [0.15, 0.2) is 0 Å². The first-order valence-electron chi connectivity index (χ1n) is 8.36. The van der Waals surface area contributed by atoms with Crippen LogP contribution in [-0.4, -0.2) is 36.1 Å². The molecule has 4 rings (SSSR count). The average molecular weight is 368 g/mol. The number of piperidine rings is 1. The van der Waals surface area contributed by atoms with E-state index in [9.17, 15) is 4.39 Å². The summed E-state index contributed by atoms with van der Waals surface area (Å²) in [6.45, 7) is 5.66. The van der Waals surface area contributed by atoms with E-state index in [-0.39, 0.29) is 18.2 Å². The van der Waals surface area contributed by atoms with Gasteiger partial charge in [0.1, 0.15) is 10.8 Å². The molecule has 1 aromatic heterocycles. The highest BCUT2D eigenvalue weighted by Gasteiger charge is 2.38. The van der Waals surface area contributed by atoms with Crippen molar-refractivity contribution >= 4 is 23.7 Å². The van der Waals surface area contributed by atoms with Crippen LogP contribution < -0.4 is 5.32 Å². The molecule has 1 aromatic carbocycles. The lowest BCUT2D eigenvalue weighted by Crippen LogP contribution is -2.38. The first-order valence-corrected chi connectivity index (χ1v) is 9.24. The maximum atomic E-state index is 13.0. The van der Waals surface area contributed by atoms with Gasteiger partial charge in [0, 0.05) is 24.0 Å². The summed E-state index contributed by atoms with van der Waals surface area (Å²) in [4.78, 5) is 7.30. The Kier molecular flexibility index (Phi) is 5.55. The molecule has 24 heavy (non-hydrogen) atoms. The van der Waals surface area contributed by atoms with Crippen LogP contribution in [0.1, 0.15) is 25.0 Å².